The summed E-state index contributed by atoms with van der Waals surface area (Å²) in [4.78, 5) is 0. The van der Waals surface area contributed by atoms with Crippen molar-refractivity contribution in [2.24, 2.45) is 40.9 Å². The predicted octanol–water partition coefficient (Wildman–Crippen LogP) is 4.55. The van der Waals surface area contributed by atoms with Crippen molar-refractivity contribution in [2.75, 3.05) is 6.61 Å². The standard InChI is InChI=1S/C22H36O2/c1-14(13-23)19-6-7-20-18-5-4-15-12-21(2,24)10-8-16(15)17(18)9-11-22(19,20)3/h4,14,16-20,23-24H,5-13H2,1-3H3/t14-,16+,17-,18-,19-,20+,21+,22-/m1/s1. The van der Waals surface area contributed by atoms with Crippen molar-refractivity contribution in [3.05, 3.63) is 11.6 Å². The first-order valence-electron chi connectivity index (χ1n) is 10.4. The molecule has 0 heterocycles. The van der Waals surface area contributed by atoms with Gasteiger partial charge < -0.3 is 10.2 Å². The van der Waals surface area contributed by atoms with Gasteiger partial charge in [0.15, 0.2) is 0 Å². The van der Waals surface area contributed by atoms with E-state index < -0.39 is 5.60 Å². The lowest BCUT2D eigenvalue weighted by molar-refractivity contribution is -0.0436. The fourth-order valence-corrected chi connectivity index (χ4v) is 7.57. The van der Waals surface area contributed by atoms with E-state index in [0.29, 0.717) is 23.9 Å². The van der Waals surface area contributed by atoms with Crippen LogP contribution in [0.1, 0.15) is 72.1 Å². The predicted molar refractivity (Wildman–Crippen MR) is 97.4 cm³/mol. The van der Waals surface area contributed by atoms with Gasteiger partial charge in [0.05, 0.1) is 5.60 Å². The molecule has 0 aromatic carbocycles. The highest BCUT2D eigenvalue weighted by atomic mass is 16.3. The zero-order valence-electron chi connectivity index (χ0n) is 15.8. The highest BCUT2D eigenvalue weighted by molar-refractivity contribution is 5.21. The van der Waals surface area contributed by atoms with E-state index in [9.17, 15) is 10.2 Å². The van der Waals surface area contributed by atoms with Gasteiger partial charge in [-0.15, -0.1) is 0 Å². The molecule has 0 radical (unpaired) electrons. The molecule has 2 heteroatoms. The van der Waals surface area contributed by atoms with Crippen LogP contribution < -0.4 is 0 Å². The van der Waals surface area contributed by atoms with E-state index >= 15 is 0 Å². The molecule has 0 spiro atoms. The third-order valence-corrected chi connectivity index (χ3v) is 8.76. The molecule has 0 saturated heterocycles. The van der Waals surface area contributed by atoms with Gasteiger partial charge in [0.1, 0.15) is 0 Å². The van der Waals surface area contributed by atoms with Crippen molar-refractivity contribution in [1.82, 2.24) is 0 Å². The van der Waals surface area contributed by atoms with Crippen molar-refractivity contribution in [1.29, 1.82) is 0 Å². The van der Waals surface area contributed by atoms with Crippen LogP contribution in [0.2, 0.25) is 0 Å². The fraction of sp³-hybridized carbons (Fsp3) is 0.909. The largest absolute Gasteiger partial charge is 0.396 e. The van der Waals surface area contributed by atoms with Gasteiger partial charge in [-0.3, -0.25) is 0 Å². The third-order valence-electron chi connectivity index (χ3n) is 8.76. The van der Waals surface area contributed by atoms with Crippen LogP contribution in [0, 0.1) is 40.9 Å². The lowest BCUT2D eigenvalue weighted by Crippen LogP contribution is -2.48. The van der Waals surface area contributed by atoms with Crippen molar-refractivity contribution in [2.45, 2.75) is 77.7 Å². The van der Waals surface area contributed by atoms with Gasteiger partial charge in [-0.05, 0) is 99.2 Å². The van der Waals surface area contributed by atoms with Gasteiger partial charge in [-0.2, -0.15) is 0 Å². The summed E-state index contributed by atoms with van der Waals surface area (Å²) in [5, 5.41) is 20.2. The highest BCUT2D eigenvalue weighted by Gasteiger charge is 2.56. The maximum atomic E-state index is 10.5. The monoisotopic (exact) mass is 332 g/mol. The Balaban J connectivity index is 1.58. The first-order chi connectivity index (χ1) is 11.4. The topological polar surface area (TPSA) is 40.5 Å². The molecule has 4 aliphatic carbocycles. The van der Waals surface area contributed by atoms with E-state index in [4.69, 9.17) is 0 Å². The van der Waals surface area contributed by atoms with Crippen LogP contribution in [0.5, 0.6) is 0 Å². The lowest BCUT2D eigenvalue weighted by atomic mass is 9.50. The average Bonchev–Trinajstić information content (AvgIpc) is 2.90. The summed E-state index contributed by atoms with van der Waals surface area (Å²) >= 11 is 0. The molecule has 0 aromatic rings. The molecule has 4 rings (SSSR count). The normalized spacial score (nSPS) is 52.0. The fourth-order valence-electron chi connectivity index (χ4n) is 7.57. The van der Waals surface area contributed by atoms with Crippen molar-refractivity contribution in [3.63, 3.8) is 0 Å². The summed E-state index contributed by atoms with van der Waals surface area (Å²) in [6, 6.07) is 0. The lowest BCUT2D eigenvalue weighted by Gasteiger charge is -2.55. The molecule has 0 amide bonds. The van der Waals surface area contributed by atoms with E-state index in [0.717, 1.165) is 36.5 Å². The smallest absolute Gasteiger partial charge is 0.0657 e. The maximum absolute atomic E-state index is 10.5. The van der Waals surface area contributed by atoms with E-state index in [1.807, 2.05) is 6.92 Å². The summed E-state index contributed by atoms with van der Waals surface area (Å²) < 4.78 is 0. The number of aliphatic hydroxyl groups is 2. The Labute approximate surface area is 147 Å². The van der Waals surface area contributed by atoms with Crippen LogP contribution in [0.3, 0.4) is 0 Å². The third kappa shape index (κ3) is 2.51. The quantitative estimate of drug-likeness (QED) is 0.728. The summed E-state index contributed by atoms with van der Waals surface area (Å²) in [5.74, 6) is 4.50. The first-order valence-corrected chi connectivity index (χ1v) is 10.4. The molecule has 2 nitrogen and oxygen atoms in total. The average molecular weight is 333 g/mol. The highest BCUT2D eigenvalue weighted by Crippen LogP contribution is 2.64. The Morgan fingerprint density at radius 2 is 1.92 bits per heavy atom. The Bertz CT molecular complexity index is 522. The van der Waals surface area contributed by atoms with Crippen LogP contribution in [-0.4, -0.2) is 22.4 Å². The Morgan fingerprint density at radius 1 is 1.12 bits per heavy atom. The number of aliphatic hydroxyl groups excluding tert-OH is 1. The van der Waals surface area contributed by atoms with Crippen LogP contribution in [0.15, 0.2) is 11.6 Å². The molecule has 8 atom stereocenters. The van der Waals surface area contributed by atoms with E-state index in [1.54, 1.807) is 5.57 Å². The number of fused-ring (bicyclic) bond motifs is 5. The molecule has 0 aliphatic heterocycles. The van der Waals surface area contributed by atoms with Gasteiger partial charge in [-0.1, -0.05) is 25.5 Å². The molecule has 0 bridgehead atoms. The number of allylic oxidation sites excluding steroid dienone is 1. The van der Waals surface area contributed by atoms with Crippen LogP contribution >= 0.6 is 0 Å². The number of rotatable bonds is 2. The SMILES string of the molecule is C[C@H](CO)[C@H]1CC[C@H]2[C@@H]3CC=C4C[C@@](C)(O)CC[C@@H]4[C@H]3CC[C@]12C. The van der Waals surface area contributed by atoms with Crippen LogP contribution in [0.4, 0.5) is 0 Å². The molecule has 3 saturated carbocycles. The first kappa shape index (κ1) is 17.1. The van der Waals surface area contributed by atoms with Gasteiger partial charge in [0.25, 0.3) is 0 Å². The number of hydrogen-bond acceptors (Lipinski definition) is 2. The summed E-state index contributed by atoms with van der Waals surface area (Å²) in [6.45, 7) is 7.17. The van der Waals surface area contributed by atoms with Crippen molar-refractivity contribution < 1.29 is 10.2 Å². The second kappa shape index (κ2) is 5.84. The molecule has 2 N–H and O–H groups in total. The molecule has 0 unspecified atom stereocenters. The van der Waals surface area contributed by atoms with Gasteiger partial charge in [0, 0.05) is 6.61 Å². The molecule has 0 aromatic heterocycles. The van der Waals surface area contributed by atoms with Crippen molar-refractivity contribution in [3.8, 4) is 0 Å². The van der Waals surface area contributed by atoms with Gasteiger partial charge in [-0.25, -0.2) is 0 Å². The van der Waals surface area contributed by atoms with E-state index in [-0.39, 0.29) is 0 Å². The zero-order valence-corrected chi connectivity index (χ0v) is 15.8. The minimum atomic E-state index is -0.465. The molecular weight excluding hydrogens is 296 g/mol. The Morgan fingerprint density at radius 3 is 2.67 bits per heavy atom. The van der Waals surface area contributed by atoms with Gasteiger partial charge >= 0.3 is 0 Å². The minimum Gasteiger partial charge on any atom is -0.396 e. The Hall–Kier alpha value is -0.340. The molecule has 24 heavy (non-hydrogen) atoms. The van der Waals surface area contributed by atoms with Gasteiger partial charge in [0.2, 0.25) is 0 Å². The van der Waals surface area contributed by atoms with Crippen LogP contribution in [-0.2, 0) is 0 Å². The minimum absolute atomic E-state index is 0.350. The van der Waals surface area contributed by atoms with E-state index in [2.05, 4.69) is 19.9 Å². The zero-order chi connectivity index (χ0) is 17.1. The summed E-state index contributed by atoms with van der Waals surface area (Å²) in [5.41, 5.74) is 1.57. The maximum Gasteiger partial charge on any atom is 0.0657 e. The van der Waals surface area contributed by atoms with Crippen LogP contribution in [0.25, 0.3) is 0 Å². The molecule has 136 valence electrons. The summed E-state index contributed by atoms with van der Waals surface area (Å²) in [6.07, 6.45) is 12.3. The number of hydrogen-bond donors (Lipinski definition) is 2. The molecule has 3 fully saturated rings. The molecular formula is C22H36O2. The van der Waals surface area contributed by atoms with Crippen molar-refractivity contribution >= 4 is 0 Å². The molecule has 4 aliphatic rings. The summed E-state index contributed by atoms with van der Waals surface area (Å²) in [7, 11) is 0. The second-order valence-corrected chi connectivity index (χ2v) is 10.2. The second-order valence-electron chi connectivity index (χ2n) is 10.2. The van der Waals surface area contributed by atoms with E-state index in [1.165, 1.54) is 38.5 Å². The Kier molecular flexibility index (Phi) is 4.16.